The summed E-state index contributed by atoms with van der Waals surface area (Å²) in [6.07, 6.45) is -0.190. The van der Waals surface area contributed by atoms with Crippen LogP contribution in [0.5, 0.6) is 5.75 Å². The minimum Gasteiger partial charge on any atom is -0.497 e. The van der Waals surface area contributed by atoms with Gasteiger partial charge in [-0.2, -0.15) is 0 Å². The summed E-state index contributed by atoms with van der Waals surface area (Å²) in [6.45, 7) is 3.51. The van der Waals surface area contributed by atoms with Gasteiger partial charge in [0.05, 0.1) is 24.0 Å². The van der Waals surface area contributed by atoms with Gasteiger partial charge in [-0.05, 0) is 32.0 Å². The highest BCUT2D eigenvalue weighted by atomic mass is 32.2. The molecule has 94 valence electrons. The topological polar surface area (TPSA) is 52.6 Å². The van der Waals surface area contributed by atoms with E-state index in [1.165, 1.54) is 7.11 Å². The second-order valence-corrected chi connectivity index (χ2v) is 5.16. The summed E-state index contributed by atoms with van der Waals surface area (Å²) in [5.41, 5.74) is 0. The second-order valence-electron chi connectivity index (χ2n) is 3.71. The van der Waals surface area contributed by atoms with Crippen molar-refractivity contribution < 1.29 is 18.5 Å². The zero-order valence-corrected chi connectivity index (χ0v) is 11.0. The van der Waals surface area contributed by atoms with Gasteiger partial charge in [-0.25, -0.2) is 0 Å². The van der Waals surface area contributed by atoms with Gasteiger partial charge >= 0.3 is 5.97 Å². The van der Waals surface area contributed by atoms with Crippen LogP contribution in [0.1, 0.15) is 13.8 Å². The summed E-state index contributed by atoms with van der Waals surface area (Å²) >= 11 is 0. The molecule has 0 aliphatic rings. The average molecular weight is 256 g/mol. The van der Waals surface area contributed by atoms with Crippen LogP contribution in [0.15, 0.2) is 29.2 Å². The fourth-order valence-electron chi connectivity index (χ4n) is 1.23. The van der Waals surface area contributed by atoms with Crippen LogP contribution in [0.3, 0.4) is 0 Å². The number of hydrogen-bond donors (Lipinski definition) is 0. The lowest BCUT2D eigenvalue weighted by Gasteiger charge is -2.08. The van der Waals surface area contributed by atoms with E-state index < -0.39 is 16.8 Å². The molecule has 0 aromatic heterocycles. The van der Waals surface area contributed by atoms with Crippen molar-refractivity contribution in [2.75, 3.05) is 12.9 Å². The molecule has 1 aromatic rings. The van der Waals surface area contributed by atoms with Gasteiger partial charge in [0.25, 0.3) is 0 Å². The minimum atomic E-state index is -1.40. The molecule has 0 amide bonds. The lowest BCUT2D eigenvalue weighted by Crippen LogP contribution is -2.18. The molecule has 1 atom stereocenters. The maximum Gasteiger partial charge on any atom is 0.319 e. The molecule has 0 saturated heterocycles. The molecule has 0 aliphatic carbocycles. The van der Waals surface area contributed by atoms with Crippen molar-refractivity contribution in [3.05, 3.63) is 24.3 Å². The van der Waals surface area contributed by atoms with Crippen molar-refractivity contribution >= 4 is 16.8 Å². The molecule has 0 aliphatic heterocycles. The Bertz CT molecular complexity index is 415. The first-order valence-corrected chi connectivity index (χ1v) is 6.56. The predicted octanol–water partition coefficient (Wildman–Crippen LogP) is 1.75. The van der Waals surface area contributed by atoms with E-state index in [1.54, 1.807) is 38.1 Å². The average Bonchev–Trinajstić information content (AvgIpc) is 2.27. The van der Waals surface area contributed by atoms with Crippen molar-refractivity contribution in [3.63, 3.8) is 0 Å². The van der Waals surface area contributed by atoms with Gasteiger partial charge in [0.15, 0.2) is 0 Å². The summed E-state index contributed by atoms with van der Waals surface area (Å²) in [5.74, 6) is 0.0277. The predicted molar refractivity (Wildman–Crippen MR) is 65.5 cm³/mol. The highest BCUT2D eigenvalue weighted by Crippen LogP contribution is 2.15. The molecule has 1 aromatic carbocycles. The molecule has 0 N–H and O–H groups in total. The van der Waals surface area contributed by atoms with Crippen LogP contribution >= 0.6 is 0 Å². The van der Waals surface area contributed by atoms with Crippen molar-refractivity contribution in [2.24, 2.45) is 0 Å². The summed E-state index contributed by atoms with van der Waals surface area (Å²) in [6, 6.07) is 6.84. The Morgan fingerprint density at radius 1 is 1.41 bits per heavy atom. The maximum atomic E-state index is 11.9. The van der Waals surface area contributed by atoms with Gasteiger partial charge in [-0.15, -0.1) is 0 Å². The van der Waals surface area contributed by atoms with Gasteiger partial charge in [-0.3, -0.25) is 9.00 Å². The Labute approximate surface area is 103 Å². The van der Waals surface area contributed by atoms with Gasteiger partial charge in [-0.1, -0.05) is 6.07 Å². The first-order chi connectivity index (χ1) is 8.02. The number of hydrogen-bond acceptors (Lipinski definition) is 4. The first kappa shape index (κ1) is 13.7. The van der Waals surface area contributed by atoms with Crippen molar-refractivity contribution in [2.45, 2.75) is 24.8 Å². The lowest BCUT2D eigenvalue weighted by atomic mass is 10.3. The van der Waals surface area contributed by atoms with Crippen molar-refractivity contribution in [1.82, 2.24) is 0 Å². The molecule has 1 unspecified atom stereocenters. The summed E-state index contributed by atoms with van der Waals surface area (Å²) < 4.78 is 21.8. The van der Waals surface area contributed by atoms with E-state index >= 15 is 0 Å². The second kappa shape index (κ2) is 6.39. The smallest absolute Gasteiger partial charge is 0.319 e. The first-order valence-electron chi connectivity index (χ1n) is 5.25. The van der Waals surface area contributed by atoms with Crippen molar-refractivity contribution in [1.29, 1.82) is 0 Å². The molecule has 0 radical (unpaired) electrons. The van der Waals surface area contributed by atoms with E-state index in [-0.39, 0.29) is 11.9 Å². The Kier molecular flexibility index (Phi) is 5.15. The van der Waals surface area contributed by atoms with Crippen LogP contribution in [0.4, 0.5) is 0 Å². The summed E-state index contributed by atoms with van der Waals surface area (Å²) in [7, 11) is 0.140. The van der Waals surface area contributed by atoms with Crippen molar-refractivity contribution in [3.8, 4) is 5.75 Å². The standard InChI is InChI=1S/C12H16O4S/c1-9(2)16-12(13)8-17(14)11-6-4-5-10(7-11)15-3/h4-7,9H,8H2,1-3H3. The fraction of sp³-hybridized carbons (Fsp3) is 0.417. The molecule has 0 fully saturated rings. The van der Waals surface area contributed by atoms with E-state index in [4.69, 9.17) is 9.47 Å². The number of esters is 1. The Morgan fingerprint density at radius 2 is 2.12 bits per heavy atom. The van der Waals surface area contributed by atoms with Crippen LogP contribution in [-0.4, -0.2) is 29.1 Å². The number of methoxy groups -OCH3 is 1. The highest BCUT2D eigenvalue weighted by Gasteiger charge is 2.13. The van der Waals surface area contributed by atoms with E-state index in [1.807, 2.05) is 0 Å². The summed E-state index contributed by atoms with van der Waals surface area (Å²) in [5, 5.41) is 0. The Morgan fingerprint density at radius 3 is 2.71 bits per heavy atom. The van der Waals surface area contributed by atoms with Crippen LogP contribution < -0.4 is 4.74 Å². The van der Waals surface area contributed by atoms with E-state index in [0.717, 1.165) is 0 Å². The SMILES string of the molecule is COc1cccc(S(=O)CC(=O)OC(C)C)c1. The molecule has 0 saturated carbocycles. The number of rotatable bonds is 5. The maximum absolute atomic E-state index is 11.9. The number of carbonyl (C=O) groups excluding carboxylic acids is 1. The van der Waals surface area contributed by atoms with Crippen LogP contribution in [-0.2, 0) is 20.3 Å². The summed E-state index contributed by atoms with van der Waals surface area (Å²) in [4.78, 5) is 11.9. The molecule has 0 bridgehead atoms. The highest BCUT2D eigenvalue weighted by molar-refractivity contribution is 7.85. The zero-order valence-electron chi connectivity index (χ0n) is 10.1. The van der Waals surface area contributed by atoms with Crippen LogP contribution in [0, 0.1) is 0 Å². The number of benzene rings is 1. The Balaban J connectivity index is 2.66. The molecular weight excluding hydrogens is 240 g/mol. The van der Waals surface area contributed by atoms with Gasteiger partial charge < -0.3 is 9.47 Å². The monoisotopic (exact) mass is 256 g/mol. The normalized spacial score (nSPS) is 12.2. The van der Waals surface area contributed by atoms with Gasteiger partial charge in [0, 0.05) is 4.90 Å². The molecule has 5 heteroatoms. The zero-order chi connectivity index (χ0) is 12.8. The fourth-order valence-corrected chi connectivity index (χ4v) is 2.16. The minimum absolute atomic E-state index is 0.134. The largest absolute Gasteiger partial charge is 0.497 e. The third-order valence-corrected chi connectivity index (χ3v) is 3.20. The molecule has 17 heavy (non-hydrogen) atoms. The number of carbonyl (C=O) groups is 1. The number of ether oxygens (including phenoxy) is 2. The van der Waals surface area contributed by atoms with E-state index in [0.29, 0.717) is 10.6 Å². The molecule has 0 spiro atoms. The molecule has 4 nitrogen and oxygen atoms in total. The van der Waals surface area contributed by atoms with E-state index in [9.17, 15) is 9.00 Å². The van der Waals surface area contributed by atoms with Crippen LogP contribution in [0.25, 0.3) is 0 Å². The Hall–Kier alpha value is -1.36. The molecule has 0 heterocycles. The van der Waals surface area contributed by atoms with Gasteiger partial charge in [0.1, 0.15) is 11.5 Å². The van der Waals surface area contributed by atoms with E-state index in [2.05, 4.69) is 0 Å². The van der Waals surface area contributed by atoms with Gasteiger partial charge in [0.2, 0.25) is 0 Å². The molecular formula is C12H16O4S. The van der Waals surface area contributed by atoms with Crippen LogP contribution in [0.2, 0.25) is 0 Å². The third kappa shape index (κ3) is 4.56. The third-order valence-electron chi connectivity index (χ3n) is 1.92. The lowest BCUT2D eigenvalue weighted by molar-refractivity contribution is -0.144. The molecule has 1 rings (SSSR count). The quantitative estimate of drug-likeness (QED) is 0.753.